The summed E-state index contributed by atoms with van der Waals surface area (Å²) in [5.74, 6) is -0.473. The third-order valence-corrected chi connectivity index (χ3v) is 9.77. The molecule has 0 aromatic carbocycles. The number of carbonyl (C=O) groups is 2. The molecule has 0 heterocycles. The van der Waals surface area contributed by atoms with Gasteiger partial charge in [0, 0.05) is 19.4 Å². The normalized spacial score (nSPS) is 13.2. The molecule has 0 rings (SSSR count). The lowest BCUT2D eigenvalue weighted by Gasteiger charge is -2.18. The number of carbonyl (C=O) groups excluding carboxylic acids is 2. The zero-order valence-electron chi connectivity index (χ0n) is 38.9. The van der Waals surface area contributed by atoms with Gasteiger partial charge >= 0.3 is 11.9 Å². The fourth-order valence-corrected chi connectivity index (χ4v) is 6.20. The highest BCUT2D eigenvalue weighted by atomic mass is 16.6. The van der Waals surface area contributed by atoms with E-state index in [4.69, 9.17) is 14.2 Å². The molecule has 0 radical (unpaired) electrons. The molecule has 0 aliphatic rings. The number of esters is 2. The van der Waals surface area contributed by atoms with Crippen LogP contribution in [0.5, 0.6) is 0 Å². The van der Waals surface area contributed by atoms with Gasteiger partial charge in [0.25, 0.3) is 0 Å². The molecular weight excluding hydrogens is 741 g/mol. The molecule has 0 aromatic rings. The van der Waals surface area contributed by atoms with Crippen molar-refractivity contribution in [3.63, 3.8) is 0 Å². The van der Waals surface area contributed by atoms with Crippen LogP contribution in [0.2, 0.25) is 0 Å². The molecule has 5 heteroatoms. The summed E-state index contributed by atoms with van der Waals surface area (Å²) in [7, 11) is 0. The number of allylic oxidation sites excluding steroid dienone is 18. The van der Waals surface area contributed by atoms with Crippen molar-refractivity contribution >= 4 is 11.9 Å². The third kappa shape index (κ3) is 47.2. The smallest absolute Gasteiger partial charge is 0.306 e. The van der Waals surface area contributed by atoms with Gasteiger partial charge in [-0.25, -0.2) is 0 Å². The molecule has 60 heavy (non-hydrogen) atoms. The summed E-state index contributed by atoms with van der Waals surface area (Å²) in [6.07, 6.45) is 68.1. The Bertz CT molecular complexity index is 1210. The quantitative estimate of drug-likeness (QED) is 0.0348. The van der Waals surface area contributed by atoms with Gasteiger partial charge in [-0.05, 0) is 116 Å². The molecular formula is C55H90O5. The van der Waals surface area contributed by atoms with Gasteiger partial charge in [0.15, 0.2) is 6.10 Å². The lowest BCUT2D eigenvalue weighted by molar-refractivity contribution is -0.163. The average Bonchev–Trinajstić information content (AvgIpc) is 3.25. The van der Waals surface area contributed by atoms with Crippen LogP contribution in [0.3, 0.4) is 0 Å². The second kappa shape index (κ2) is 49.9. The van der Waals surface area contributed by atoms with E-state index >= 15 is 0 Å². The van der Waals surface area contributed by atoms with Crippen molar-refractivity contribution in [2.45, 2.75) is 207 Å². The summed E-state index contributed by atoms with van der Waals surface area (Å²) < 4.78 is 17.3. The van der Waals surface area contributed by atoms with Crippen molar-refractivity contribution in [3.8, 4) is 0 Å². The van der Waals surface area contributed by atoms with Crippen LogP contribution >= 0.6 is 0 Å². The molecule has 0 aliphatic heterocycles. The summed E-state index contributed by atoms with van der Waals surface area (Å²) in [4.78, 5) is 25.3. The van der Waals surface area contributed by atoms with Crippen LogP contribution in [0, 0.1) is 0 Å². The SMILES string of the molecule is CC/C=C\C/C=C\C/C=C\C/C=C\CCCCCCC(=O)OCC(COCCC/C=C\C/C=C\C/C=C\C/C=C\CC)OC(=O)CCCCCCC/C=C\CCCCCC. The minimum atomic E-state index is -0.585. The van der Waals surface area contributed by atoms with Gasteiger partial charge in [0.2, 0.25) is 0 Å². The van der Waals surface area contributed by atoms with E-state index < -0.39 is 6.10 Å². The Kier molecular flexibility index (Phi) is 47.1. The fourth-order valence-electron chi connectivity index (χ4n) is 6.20. The van der Waals surface area contributed by atoms with Crippen molar-refractivity contribution < 1.29 is 23.8 Å². The Morgan fingerprint density at radius 2 is 0.750 bits per heavy atom. The molecule has 0 spiro atoms. The van der Waals surface area contributed by atoms with E-state index in [9.17, 15) is 9.59 Å². The number of hydrogen-bond acceptors (Lipinski definition) is 5. The zero-order chi connectivity index (χ0) is 43.5. The molecule has 0 saturated heterocycles. The van der Waals surface area contributed by atoms with Gasteiger partial charge in [0.1, 0.15) is 6.61 Å². The number of ether oxygens (including phenoxy) is 3. The predicted octanol–water partition coefficient (Wildman–Crippen LogP) is 16.4. The van der Waals surface area contributed by atoms with E-state index in [1.165, 1.54) is 44.9 Å². The lowest BCUT2D eigenvalue weighted by atomic mass is 10.1. The first-order chi connectivity index (χ1) is 29.6. The summed E-state index contributed by atoms with van der Waals surface area (Å²) >= 11 is 0. The van der Waals surface area contributed by atoms with E-state index in [-0.39, 0.29) is 25.2 Å². The van der Waals surface area contributed by atoms with Crippen molar-refractivity contribution in [1.29, 1.82) is 0 Å². The molecule has 0 N–H and O–H groups in total. The van der Waals surface area contributed by atoms with Crippen molar-refractivity contribution in [3.05, 3.63) is 109 Å². The molecule has 0 bridgehead atoms. The monoisotopic (exact) mass is 831 g/mol. The van der Waals surface area contributed by atoms with Crippen LogP contribution < -0.4 is 0 Å². The molecule has 5 nitrogen and oxygen atoms in total. The summed E-state index contributed by atoms with van der Waals surface area (Å²) in [6.45, 7) is 7.40. The van der Waals surface area contributed by atoms with Crippen LogP contribution in [0.25, 0.3) is 0 Å². The molecule has 0 amide bonds. The number of unbranched alkanes of at least 4 members (excludes halogenated alkanes) is 14. The summed E-state index contributed by atoms with van der Waals surface area (Å²) in [5.41, 5.74) is 0. The predicted molar refractivity (Wildman–Crippen MR) is 260 cm³/mol. The highest BCUT2D eigenvalue weighted by molar-refractivity contribution is 5.70. The van der Waals surface area contributed by atoms with Crippen LogP contribution in [0.4, 0.5) is 0 Å². The molecule has 0 saturated carbocycles. The first-order valence-electron chi connectivity index (χ1n) is 24.4. The Labute approximate surface area is 370 Å². The van der Waals surface area contributed by atoms with Gasteiger partial charge in [-0.1, -0.05) is 182 Å². The second-order valence-corrected chi connectivity index (χ2v) is 15.6. The molecule has 340 valence electrons. The van der Waals surface area contributed by atoms with Gasteiger partial charge in [-0.15, -0.1) is 0 Å². The first-order valence-corrected chi connectivity index (χ1v) is 24.4. The van der Waals surface area contributed by atoms with E-state index in [0.717, 1.165) is 122 Å². The van der Waals surface area contributed by atoms with Crippen LogP contribution in [-0.4, -0.2) is 37.9 Å². The van der Waals surface area contributed by atoms with Crippen LogP contribution in [-0.2, 0) is 23.8 Å². The molecule has 1 unspecified atom stereocenters. The fraction of sp³-hybridized carbons (Fsp3) is 0.636. The maximum absolute atomic E-state index is 12.8. The third-order valence-electron chi connectivity index (χ3n) is 9.77. The number of rotatable bonds is 43. The maximum Gasteiger partial charge on any atom is 0.306 e. The van der Waals surface area contributed by atoms with Gasteiger partial charge in [0.05, 0.1) is 6.61 Å². The van der Waals surface area contributed by atoms with Crippen LogP contribution in [0.1, 0.15) is 201 Å². The average molecular weight is 831 g/mol. The van der Waals surface area contributed by atoms with E-state index in [1.54, 1.807) is 0 Å². The van der Waals surface area contributed by atoms with E-state index in [2.05, 4.69) is 130 Å². The summed E-state index contributed by atoms with van der Waals surface area (Å²) in [5, 5.41) is 0. The highest BCUT2D eigenvalue weighted by Gasteiger charge is 2.17. The van der Waals surface area contributed by atoms with E-state index in [0.29, 0.717) is 19.4 Å². The highest BCUT2D eigenvalue weighted by Crippen LogP contribution is 2.12. The van der Waals surface area contributed by atoms with Gasteiger partial charge in [-0.3, -0.25) is 9.59 Å². The Morgan fingerprint density at radius 3 is 1.22 bits per heavy atom. The lowest BCUT2D eigenvalue weighted by Crippen LogP contribution is -2.30. The molecule has 0 fully saturated rings. The minimum absolute atomic E-state index is 0.0411. The molecule has 1 atom stereocenters. The Balaban J connectivity index is 4.42. The number of hydrogen-bond donors (Lipinski definition) is 0. The van der Waals surface area contributed by atoms with Crippen LogP contribution in [0.15, 0.2) is 109 Å². The second-order valence-electron chi connectivity index (χ2n) is 15.6. The zero-order valence-corrected chi connectivity index (χ0v) is 38.9. The maximum atomic E-state index is 12.8. The standard InChI is InChI=1S/C55H90O5/c1-4-7-10-13-16-19-22-25-27-28-29-31-33-36-39-42-45-48-54(56)59-52-53(51-58-50-47-44-41-38-35-32-26-23-20-17-14-11-8-5-2)60-55(57)49-46-43-40-37-34-30-24-21-18-15-12-9-6-3/h7-8,10-11,16-17,19-21,24-27,29,31-32,38,41,53H,4-6,9,12-15,18,22-23,28,30,33-37,39-40,42-52H2,1-3H3/b10-7-,11-8-,19-16-,20-17-,24-21-,27-25-,31-29-,32-26-,41-38-. The molecule has 0 aromatic heterocycles. The molecule has 0 aliphatic carbocycles. The summed E-state index contributed by atoms with van der Waals surface area (Å²) in [6, 6.07) is 0. The first kappa shape index (κ1) is 56.6. The van der Waals surface area contributed by atoms with Gasteiger partial charge in [-0.2, -0.15) is 0 Å². The Morgan fingerprint density at radius 1 is 0.383 bits per heavy atom. The largest absolute Gasteiger partial charge is 0.462 e. The minimum Gasteiger partial charge on any atom is -0.462 e. The topological polar surface area (TPSA) is 61.8 Å². The van der Waals surface area contributed by atoms with Crippen molar-refractivity contribution in [2.24, 2.45) is 0 Å². The Hall–Kier alpha value is -3.44. The van der Waals surface area contributed by atoms with E-state index in [1.807, 2.05) is 0 Å². The van der Waals surface area contributed by atoms with Crippen molar-refractivity contribution in [2.75, 3.05) is 19.8 Å². The van der Waals surface area contributed by atoms with Crippen molar-refractivity contribution in [1.82, 2.24) is 0 Å². The van der Waals surface area contributed by atoms with Gasteiger partial charge < -0.3 is 14.2 Å².